The summed E-state index contributed by atoms with van der Waals surface area (Å²) in [6, 6.07) is 5.41. The van der Waals surface area contributed by atoms with Crippen LogP contribution in [0.1, 0.15) is 16.0 Å². The van der Waals surface area contributed by atoms with Gasteiger partial charge >= 0.3 is 0 Å². The third kappa shape index (κ3) is 2.51. The van der Waals surface area contributed by atoms with Crippen molar-refractivity contribution >= 4 is 38.8 Å². The molecular formula is C14H13BrFN3OS. The quantitative estimate of drug-likeness (QED) is 0.369. The molecule has 0 unspecified atom stereocenters. The lowest BCUT2D eigenvalue weighted by Crippen LogP contribution is -2.30. The van der Waals surface area contributed by atoms with E-state index in [2.05, 4.69) is 32.5 Å². The van der Waals surface area contributed by atoms with E-state index in [1.54, 1.807) is 23.5 Å². The van der Waals surface area contributed by atoms with Crippen molar-refractivity contribution in [2.75, 3.05) is 11.4 Å². The topological polar surface area (TPSA) is 61.9 Å². The van der Waals surface area contributed by atoms with E-state index in [0.717, 1.165) is 13.0 Å². The maximum absolute atomic E-state index is 14.6. The molecule has 2 heterocycles. The van der Waals surface area contributed by atoms with E-state index in [1.165, 1.54) is 10.4 Å². The fraction of sp³-hybridized carbons (Fsp3) is 0.214. The first-order valence-corrected chi connectivity index (χ1v) is 8.05. The van der Waals surface area contributed by atoms with E-state index >= 15 is 0 Å². The third-order valence-corrected chi connectivity index (χ3v) is 5.39. The molecule has 1 aromatic heterocycles. The van der Waals surface area contributed by atoms with Crippen LogP contribution >= 0.6 is 27.3 Å². The number of hydrogen-bond donors (Lipinski definition) is 2. The van der Waals surface area contributed by atoms with Crippen LogP contribution in [0.4, 0.5) is 10.1 Å². The molecule has 0 aliphatic carbocycles. The van der Waals surface area contributed by atoms with Crippen LogP contribution in [0.2, 0.25) is 0 Å². The minimum atomic E-state index is -0.391. The number of amidine groups is 1. The van der Waals surface area contributed by atoms with E-state index in [-0.39, 0.29) is 10.3 Å². The molecule has 1 aromatic carbocycles. The van der Waals surface area contributed by atoms with Crippen LogP contribution in [0.25, 0.3) is 0 Å². The van der Waals surface area contributed by atoms with E-state index in [9.17, 15) is 4.39 Å². The molecule has 0 amide bonds. The third-order valence-electron chi connectivity index (χ3n) is 3.59. The summed E-state index contributed by atoms with van der Waals surface area (Å²) >= 11 is 4.94. The highest BCUT2D eigenvalue weighted by Gasteiger charge is 2.22. The summed E-state index contributed by atoms with van der Waals surface area (Å²) in [7, 11) is 0. The summed E-state index contributed by atoms with van der Waals surface area (Å²) < 4.78 is 14.8. The number of oxime groups is 1. The molecule has 0 radical (unpaired) electrons. The van der Waals surface area contributed by atoms with Crippen LogP contribution in [0.5, 0.6) is 0 Å². The zero-order valence-corrected chi connectivity index (χ0v) is 13.4. The molecule has 0 saturated heterocycles. The standard InChI is InChI=1S/C14H13BrFN3OS/c15-12-9(14(17)18-20)1-2-10(13(12)16)19-5-3-11-8(7-19)4-6-21-11/h1-2,4,6,20H,3,5,7H2,(H2,17,18). The van der Waals surface area contributed by atoms with Crippen molar-refractivity contribution in [2.45, 2.75) is 13.0 Å². The van der Waals surface area contributed by atoms with Gasteiger partial charge in [0.2, 0.25) is 0 Å². The highest BCUT2D eigenvalue weighted by molar-refractivity contribution is 9.10. The smallest absolute Gasteiger partial charge is 0.171 e. The van der Waals surface area contributed by atoms with Gasteiger partial charge in [-0.1, -0.05) is 5.16 Å². The van der Waals surface area contributed by atoms with Crippen molar-refractivity contribution in [3.8, 4) is 0 Å². The van der Waals surface area contributed by atoms with Crippen LogP contribution in [0.3, 0.4) is 0 Å². The number of nitrogens with two attached hydrogens (primary N) is 1. The first-order chi connectivity index (χ1) is 10.1. The number of rotatable bonds is 2. The van der Waals surface area contributed by atoms with Gasteiger partial charge in [-0.2, -0.15) is 0 Å². The summed E-state index contributed by atoms with van der Waals surface area (Å²) in [6.45, 7) is 1.48. The average Bonchev–Trinajstić information content (AvgIpc) is 2.96. The predicted octanol–water partition coefficient (Wildman–Crippen LogP) is 3.31. The number of anilines is 1. The minimum absolute atomic E-state index is 0.119. The van der Waals surface area contributed by atoms with Gasteiger partial charge in [0.25, 0.3) is 0 Å². The maximum Gasteiger partial charge on any atom is 0.171 e. The lowest BCUT2D eigenvalue weighted by atomic mass is 10.1. The Balaban J connectivity index is 1.96. The Morgan fingerprint density at radius 3 is 3.00 bits per heavy atom. The molecule has 4 nitrogen and oxygen atoms in total. The van der Waals surface area contributed by atoms with Gasteiger partial charge in [-0.3, -0.25) is 0 Å². The molecule has 0 spiro atoms. The largest absolute Gasteiger partial charge is 0.409 e. The van der Waals surface area contributed by atoms with Crippen LogP contribution in [0, 0.1) is 5.82 Å². The number of halogens is 2. The van der Waals surface area contributed by atoms with Gasteiger partial charge in [0.05, 0.1) is 10.2 Å². The van der Waals surface area contributed by atoms with E-state index in [4.69, 9.17) is 10.9 Å². The molecule has 1 aliphatic heterocycles. The molecule has 0 atom stereocenters. The Kier molecular flexibility index (Phi) is 3.86. The first kappa shape index (κ1) is 14.3. The highest BCUT2D eigenvalue weighted by Crippen LogP contribution is 2.33. The Morgan fingerprint density at radius 1 is 1.43 bits per heavy atom. The highest BCUT2D eigenvalue weighted by atomic mass is 79.9. The average molecular weight is 370 g/mol. The number of fused-ring (bicyclic) bond motifs is 1. The number of thiophene rings is 1. The summed E-state index contributed by atoms with van der Waals surface area (Å²) in [5, 5.41) is 13.7. The molecule has 3 rings (SSSR count). The molecule has 21 heavy (non-hydrogen) atoms. The molecule has 0 bridgehead atoms. The van der Waals surface area contributed by atoms with Crippen molar-refractivity contribution in [3.63, 3.8) is 0 Å². The van der Waals surface area contributed by atoms with Gasteiger partial charge in [-0.25, -0.2) is 4.39 Å². The molecule has 110 valence electrons. The monoisotopic (exact) mass is 369 g/mol. The second-order valence-electron chi connectivity index (χ2n) is 4.79. The van der Waals surface area contributed by atoms with Gasteiger partial charge in [-0.15, -0.1) is 11.3 Å². The van der Waals surface area contributed by atoms with Gasteiger partial charge in [0, 0.05) is 23.5 Å². The van der Waals surface area contributed by atoms with Gasteiger partial charge < -0.3 is 15.8 Å². The zero-order valence-electron chi connectivity index (χ0n) is 11.0. The SMILES string of the molecule is N/C(=N/O)c1ccc(N2CCc3sccc3C2)c(F)c1Br. The van der Waals surface area contributed by atoms with Crippen LogP contribution in [-0.4, -0.2) is 17.6 Å². The molecule has 2 aromatic rings. The van der Waals surface area contributed by atoms with Crippen molar-refractivity contribution < 1.29 is 9.60 Å². The Hall–Kier alpha value is -1.60. The molecular weight excluding hydrogens is 357 g/mol. The minimum Gasteiger partial charge on any atom is -0.409 e. The normalized spacial score (nSPS) is 15.1. The van der Waals surface area contributed by atoms with Crippen molar-refractivity contribution in [3.05, 3.63) is 49.9 Å². The predicted molar refractivity (Wildman–Crippen MR) is 85.7 cm³/mol. The molecule has 3 N–H and O–H groups in total. The number of hydrogen-bond acceptors (Lipinski definition) is 4. The number of nitrogens with zero attached hydrogens (tertiary/aromatic N) is 2. The number of benzene rings is 1. The van der Waals surface area contributed by atoms with E-state index < -0.39 is 5.82 Å². The van der Waals surface area contributed by atoms with Gasteiger partial charge in [0.1, 0.15) is 0 Å². The summed E-state index contributed by atoms with van der Waals surface area (Å²) in [4.78, 5) is 3.38. The molecule has 7 heteroatoms. The summed E-state index contributed by atoms with van der Waals surface area (Å²) in [6.07, 6.45) is 0.923. The lowest BCUT2D eigenvalue weighted by Gasteiger charge is -2.29. The second kappa shape index (κ2) is 5.65. The van der Waals surface area contributed by atoms with Crippen LogP contribution in [-0.2, 0) is 13.0 Å². The zero-order chi connectivity index (χ0) is 15.0. The van der Waals surface area contributed by atoms with Gasteiger partial charge in [0.15, 0.2) is 11.7 Å². The van der Waals surface area contributed by atoms with Crippen LogP contribution < -0.4 is 10.6 Å². The fourth-order valence-electron chi connectivity index (χ4n) is 2.49. The molecule has 0 saturated carbocycles. The van der Waals surface area contributed by atoms with Crippen LogP contribution in [0.15, 0.2) is 33.2 Å². The summed E-state index contributed by atoms with van der Waals surface area (Å²) in [5.41, 5.74) is 7.65. The van der Waals surface area contributed by atoms with E-state index in [0.29, 0.717) is 17.8 Å². The molecule has 0 fully saturated rings. The maximum atomic E-state index is 14.6. The summed E-state index contributed by atoms with van der Waals surface area (Å²) in [5.74, 6) is -0.510. The second-order valence-corrected chi connectivity index (χ2v) is 6.58. The lowest BCUT2D eigenvalue weighted by molar-refractivity contribution is 0.318. The fourth-order valence-corrected chi connectivity index (χ4v) is 3.92. The molecule has 1 aliphatic rings. The first-order valence-electron chi connectivity index (χ1n) is 6.38. The van der Waals surface area contributed by atoms with Crippen molar-refractivity contribution in [2.24, 2.45) is 10.9 Å². The van der Waals surface area contributed by atoms with E-state index in [1.807, 2.05) is 4.90 Å². The Bertz CT molecular complexity index is 716. The van der Waals surface area contributed by atoms with Crippen molar-refractivity contribution in [1.82, 2.24) is 0 Å². The Labute approximate surface area is 133 Å². The Morgan fingerprint density at radius 2 is 2.24 bits per heavy atom. The van der Waals surface area contributed by atoms with Crippen molar-refractivity contribution in [1.29, 1.82) is 0 Å². The van der Waals surface area contributed by atoms with Gasteiger partial charge in [-0.05, 0) is 51.5 Å².